The highest BCUT2D eigenvalue weighted by molar-refractivity contribution is 9.10. The number of primary amides is 1. The van der Waals surface area contributed by atoms with Crippen molar-refractivity contribution < 1.29 is 10.0 Å². The maximum Gasteiger partial charge on any atom is 0.338 e. The summed E-state index contributed by atoms with van der Waals surface area (Å²) < 4.78 is 0.868. The number of hydroxylamine groups is 2. The fourth-order valence-electron chi connectivity index (χ4n) is 0.660. The van der Waals surface area contributed by atoms with Crippen LogP contribution in [0.4, 0.5) is 4.79 Å². The number of urea groups is 1. The molecule has 0 aromatic carbocycles. The number of amides is 2. The first kappa shape index (κ1) is 9.50. The van der Waals surface area contributed by atoms with Gasteiger partial charge in [0, 0.05) is 9.85 Å². The number of halogens is 1. The first-order valence-electron chi connectivity index (χ1n) is 3.07. The summed E-state index contributed by atoms with van der Waals surface area (Å²) in [6.07, 6.45) is 0. The zero-order valence-corrected chi connectivity index (χ0v) is 8.43. The highest BCUT2D eigenvalue weighted by Gasteiger charge is 2.09. The Morgan fingerprint density at radius 1 is 1.75 bits per heavy atom. The Kier molecular flexibility index (Phi) is 3.07. The maximum absolute atomic E-state index is 10.4. The molecule has 3 N–H and O–H groups in total. The Labute approximate surface area is 81.7 Å². The zero-order chi connectivity index (χ0) is 9.14. The Morgan fingerprint density at radius 2 is 2.42 bits per heavy atom. The van der Waals surface area contributed by atoms with Crippen LogP contribution < -0.4 is 5.73 Å². The van der Waals surface area contributed by atoms with Crippen LogP contribution >= 0.6 is 27.3 Å². The molecule has 6 heteroatoms. The van der Waals surface area contributed by atoms with Crippen molar-refractivity contribution in [2.24, 2.45) is 5.73 Å². The van der Waals surface area contributed by atoms with Gasteiger partial charge in [-0.25, -0.2) is 9.86 Å². The third-order valence-corrected chi connectivity index (χ3v) is 3.10. The van der Waals surface area contributed by atoms with Crippen LogP contribution in [-0.2, 0) is 6.54 Å². The van der Waals surface area contributed by atoms with Gasteiger partial charge in [0.2, 0.25) is 0 Å². The lowest BCUT2D eigenvalue weighted by molar-refractivity contribution is -0.0471. The molecule has 0 atom stereocenters. The van der Waals surface area contributed by atoms with E-state index < -0.39 is 6.03 Å². The minimum atomic E-state index is -0.854. The Bertz CT molecular complexity index is 289. The van der Waals surface area contributed by atoms with E-state index in [2.05, 4.69) is 15.9 Å². The van der Waals surface area contributed by atoms with Crippen molar-refractivity contribution in [1.29, 1.82) is 0 Å². The number of hydrogen-bond donors (Lipinski definition) is 2. The number of nitrogens with two attached hydrogens (primary N) is 1. The van der Waals surface area contributed by atoms with Crippen LogP contribution in [0.3, 0.4) is 0 Å². The Morgan fingerprint density at radius 3 is 2.83 bits per heavy atom. The Hall–Kier alpha value is -0.590. The molecule has 1 aromatic heterocycles. The molecule has 0 unspecified atom stereocenters. The summed E-state index contributed by atoms with van der Waals surface area (Å²) in [5, 5.41) is 13.1. The van der Waals surface area contributed by atoms with E-state index in [1.807, 2.05) is 10.8 Å². The van der Waals surface area contributed by atoms with Crippen molar-refractivity contribution in [3.8, 4) is 0 Å². The lowest BCUT2D eigenvalue weighted by Gasteiger charge is -2.10. The van der Waals surface area contributed by atoms with Crippen molar-refractivity contribution >= 4 is 33.3 Å². The minimum Gasteiger partial charge on any atom is -0.350 e. The van der Waals surface area contributed by atoms with E-state index in [9.17, 15) is 4.79 Å². The molecule has 1 aromatic rings. The van der Waals surface area contributed by atoms with Crippen molar-refractivity contribution in [3.63, 3.8) is 0 Å². The number of thiophene rings is 1. The number of hydrogen-bond acceptors (Lipinski definition) is 3. The second-order valence-corrected chi connectivity index (χ2v) is 3.74. The minimum absolute atomic E-state index is 0.111. The molecular weight excluding hydrogens is 244 g/mol. The summed E-state index contributed by atoms with van der Waals surface area (Å²) in [7, 11) is 0. The molecule has 2 amide bonds. The summed E-state index contributed by atoms with van der Waals surface area (Å²) in [5.41, 5.74) is 5.66. The summed E-state index contributed by atoms with van der Waals surface area (Å²) in [5.74, 6) is 0. The van der Waals surface area contributed by atoms with Crippen LogP contribution in [0.1, 0.15) is 5.56 Å². The SMILES string of the molecule is NC(=O)N(O)Cc1cscc1Br. The molecule has 0 saturated heterocycles. The van der Waals surface area contributed by atoms with Gasteiger partial charge in [-0.2, -0.15) is 11.3 Å². The average molecular weight is 251 g/mol. The van der Waals surface area contributed by atoms with Crippen LogP contribution in [0.15, 0.2) is 15.2 Å². The van der Waals surface area contributed by atoms with Crippen LogP contribution in [0.25, 0.3) is 0 Å². The first-order chi connectivity index (χ1) is 5.61. The van der Waals surface area contributed by atoms with Gasteiger partial charge in [0.15, 0.2) is 0 Å². The molecular formula is C6H7BrN2O2S. The zero-order valence-electron chi connectivity index (χ0n) is 6.03. The second kappa shape index (κ2) is 3.88. The lowest BCUT2D eigenvalue weighted by atomic mass is 10.3. The number of carbonyl (C=O) groups is 1. The van der Waals surface area contributed by atoms with Gasteiger partial charge in [-0.15, -0.1) is 0 Å². The van der Waals surface area contributed by atoms with E-state index in [1.54, 1.807) is 0 Å². The lowest BCUT2D eigenvalue weighted by Crippen LogP contribution is -2.31. The monoisotopic (exact) mass is 250 g/mol. The maximum atomic E-state index is 10.4. The highest BCUT2D eigenvalue weighted by atomic mass is 79.9. The normalized spacial score (nSPS) is 9.83. The van der Waals surface area contributed by atoms with Gasteiger partial charge in [-0.1, -0.05) is 0 Å². The van der Waals surface area contributed by atoms with Crippen LogP contribution in [0, 0.1) is 0 Å². The van der Waals surface area contributed by atoms with Crippen molar-refractivity contribution in [2.75, 3.05) is 0 Å². The number of carbonyl (C=O) groups excluding carboxylic acids is 1. The van der Waals surface area contributed by atoms with Gasteiger partial charge in [0.25, 0.3) is 0 Å². The van der Waals surface area contributed by atoms with Crippen molar-refractivity contribution in [2.45, 2.75) is 6.54 Å². The van der Waals surface area contributed by atoms with Gasteiger partial charge in [-0.05, 0) is 26.9 Å². The van der Waals surface area contributed by atoms with Crippen LogP contribution in [0.5, 0.6) is 0 Å². The van der Waals surface area contributed by atoms with E-state index in [1.165, 1.54) is 11.3 Å². The summed E-state index contributed by atoms with van der Waals surface area (Å²) in [6.45, 7) is 0.111. The van der Waals surface area contributed by atoms with Gasteiger partial charge in [0.05, 0.1) is 6.54 Å². The molecule has 1 rings (SSSR count). The fourth-order valence-corrected chi connectivity index (χ4v) is 2.08. The largest absolute Gasteiger partial charge is 0.350 e. The summed E-state index contributed by atoms with van der Waals surface area (Å²) >= 11 is 4.75. The second-order valence-electron chi connectivity index (χ2n) is 2.14. The highest BCUT2D eigenvalue weighted by Crippen LogP contribution is 2.22. The predicted molar refractivity (Wildman–Crippen MR) is 48.9 cm³/mol. The van der Waals surface area contributed by atoms with Gasteiger partial charge < -0.3 is 5.73 Å². The van der Waals surface area contributed by atoms with Gasteiger partial charge in [0.1, 0.15) is 0 Å². The molecule has 1 heterocycles. The molecule has 0 fully saturated rings. The topological polar surface area (TPSA) is 66.6 Å². The van der Waals surface area contributed by atoms with E-state index >= 15 is 0 Å². The van der Waals surface area contributed by atoms with E-state index in [0.29, 0.717) is 5.06 Å². The number of nitrogens with zero attached hydrogens (tertiary/aromatic N) is 1. The third-order valence-electron chi connectivity index (χ3n) is 1.26. The Balaban J connectivity index is 2.64. The van der Waals surface area contributed by atoms with E-state index in [0.717, 1.165) is 10.0 Å². The van der Waals surface area contributed by atoms with Gasteiger partial charge in [-0.3, -0.25) is 5.21 Å². The van der Waals surface area contributed by atoms with Crippen molar-refractivity contribution in [1.82, 2.24) is 5.06 Å². The summed E-state index contributed by atoms with van der Waals surface area (Å²) in [4.78, 5) is 10.4. The van der Waals surface area contributed by atoms with Crippen molar-refractivity contribution in [3.05, 3.63) is 20.8 Å². The van der Waals surface area contributed by atoms with Crippen LogP contribution in [0.2, 0.25) is 0 Å². The van der Waals surface area contributed by atoms with Crippen LogP contribution in [-0.4, -0.2) is 16.3 Å². The molecule has 0 aliphatic heterocycles. The standard InChI is InChI=1S/C6H7BrN2O2S/c7-5-3-12-2-4(5)1-9(11)6(8)10/h2-3,11H,1H2,(H2,8,10). The smallest absolute Gasteiger partial charge is 0.338 e. The predicted octanol–water partition coefficient (Wildman–Crippen LogP) is 1.78. The van der Waals surface area contributed by atoms with E-state index in [-0.39, 0.29) is 6.54 Å². The molecule has 0 aliphatic carbocycles. The van der Waals surface area contributed by atoms with Gasteiger partial charge >= 0.3 is 6.03 Å². The molecule has 0 radical (unpaired) electrons. The molecule has 0 bridgehead atoms. The first-order valence-corrected chi connectivity index (χ1v) is 4.81. The quantitative estimate of drug-likeness (QED) is 0.621. The molecule has 0 saturated carbocycles. The average Bonchev–Trinajstić information content (AvgIpc) is 2.36. The molecule has 12 heavy (non-hydrogen) atoms. The number of rotatable bonds is 2. The third kappa shape index (κ3) is 2.20. The van der Waals surface area contributed by atoms with E-state index in [4.69, 9.17) is 10.9 Å². The molecule has 66 valence electrons. The molecule has 0 aliphatic rings. The fraction of sp³-hybridized carbons (Fsp3) is 0.167. The molecule has 4 nitrogen and oxygen atoms in total. The molecule has 0 spiro atoms. The summed E-state index contributed by atoms with van der Waals surface area (Å²) in [6, 6.07) is -0.854.